The summed E-state index contributed by atoms with van der Waals surface area (Å²) in [5.41, 5.74) is 6.12. The van der Waals surface area contributed by atoms with Gasteiger partial charge in [0.2, 0.25) is 0 Å². The molecule has 1 aromatic rings. The van der Waals surface area contributed by atoms with E-state index in [0.29, 0.717) is 12.1 Å². The van der Waals surface area contributed by atoms with Gasteiger partial charge in [-0.2, -0.15) is 0 Å². The van der Waals surface area contributed by atoms with Gasteiger partial charge in [0.15, 0.2) is 0 Å². The largest absolute Gasteiger partial charge is 0.409 e. The second kappa shape index (κ2) is 7.09. The van der Waals surface area contributed by atoms with Crippen LogP contribution in [0.4, 0.5) is 10.1 Å². The highest BCUT2D eigenvalue weighted by Crippen LogP contribution is 2.20. The summed E-state index contributed by atoms with van der Waals surface area (Å²) in [4.78, 5) is 4.40. The van der Waals surface area contributed by atoms with E-state index in [1.54, 1.807) is 6.07 Å². The van der Waals surface area contributed by atoms with E-state index >= 15 is 0 Å². The number of hydrogen-bond donors (Lipinski definition) is 2. The number of hydrogen-bond acceptors (Lipinski definition) is 4. The molecule has 1 saturated heterocycles. The van der Waals surface area contributed by atoms with Crippen LogP contribution in [-0.2, 0) is 0 Å². The molecule has 110 valence electrons. The minimum absolute atomic E-state index is 0.159. The van der Waals surface area contributed by atoms with E-state index in [9.17, 15) is 4.39 Å². The Kier molecular flexibility index (Phi) is 5.17. The topological polar surface area (TPSA) is 65.1 Å². The quantitative estimate of drug-likeness (QED) is 0.371. The Morgan fingerprint density at radius 2 is 1.95 bits per heavy atom. The van der Waals surface area contributed by atoms with Gasteiger partial charge in [0, 0.05) is 32.6 Å². The molecule has 0 spiro atoms. The summed E-state index contributed by atoms with van der Waals surface area (Å²) < 4.78 is 13.7. The summed E-state index contributed by atoms with van der Waals surface area (Å²) in [6.07, 6.45) is 1.47. The maximum absolute atomic E-state index is 13.7. The first-order chi connectivity index (χ1) is 9.70. The minimum atomic E-state index is -0.159. The van der Waals surface area contributed by atoms with Gasteiger partial charge in [-0.25, -0.2) is 4.39 Å². The van der Waals surface area contributed by atoms with Gasteiger partial charge in [0.05, 0.1) is 5.69 Å². The van der Waals surface area contributed by atoms with E-state index < -0.39 is 0 Å². The van der Waals surface area contributed by atoms with E-state index in [1.807, 2.05) is 12.1 Å². The molecule has 20 heavy (non-hydrogen) atoms. The molecule has 0 aliphatic carbocycles. The molecule has 1 aliphatic heterocycles. The molecule has 0 atom stereocenters. The average molecular weight is 280 g/mol. The minimum Gasteiger partial charge on any atom is -0.409 e. The number of piperazine rings is 1. The SMILES string of the molecule is N/C(CCCN1CCN(c2ccccc2F)CC1)=N\O. The number of nitrogens with zero attached hydrogens (tertiary/aromatic N) is 3. The van der Waals surface area contributed by atoms with Gasteiger partial charge in [-0.3, -0.25) is 4.90 Å². The summed E-state index contributed by atoms with van der Waals surface area (Å²) >= 11 is 0. The Balaban J connectivity index is 1.77. The Labute approximate surface area is 118 Å². The van der Waals surface area contributed by atoms with Crippen molar-refractivity contribution < 1.29 is 9.60 Å². The lowest BCUT2D eigenvalue weighted by Crippen LogP contribution is -2.47. The van der Waals surface area contributed by atoms with Crippen molar-refractivity contribution in [2.45, 2.75) is 12.8 Å². The van der Waals surface area contributed by atoms with Gasteiger partial charge in [0.1, 0.15) is 11.7 Å². The lowest BCUT2D eigenvalue weighted by molar-refractivity contribution is 0.255. The number of oxime groups is 1. The Morgan fingerprint density at radius 1 is 1.25 bits per heavy atom. The van der Waals surface area contributed by atoms with Gasteiger partial charge in [0.25, 0.3) is 0 Å². The standard InChI is InChI=1S/C14H21FN4O/c15-12-4-1-2-5-13(12)19-10-8-18(9-11-19)7-3-6-14(16)17-20/h1-2,4-5,20H,3,6-11H2,(H2,16,17). The maximum Gasteiger partial charge on any atom is 0.146 e. The normalized spacial score (nSPS) is 17.4. The number of amidine groups is 1. The van der Waals surface area contributed by atoms with Crippen LogP contribution in [0, 0.1) is 5.82 Å². The second-order valence-corrected chi connectivity index (χ2v) is 4.97. The molecule has 0 bridgehead atoms. The number of halogens is 1. The van der Waals surface area contributed by atoms with E-state index in [-0.39, 0.29) is 11.7 Å². The zero-order valence-electron chi connectivity index (χ0n) is 11.5. The lowest BCUT2D eigenvalue weighted by Gasteiger charge is -2.36. The van der Waals surface area contributed by atoms with Crippen LogP contribution in [0.1, 0.15) is 12.8 Å². The third-order valence-electron chi connectivity index (χ3n) is 3.60. The summed E-state index contributed by atoms with van der Waals surface area (Å²) in [6.45, 7) is 4.38. The van der Waals surface area contributed by atoms with Crippen molar-refractivity contribution in [2.24, 2.45) is 10.9 Å². The number of rotatable bonds is 5. The second-order valence-electron chi connectivity index (χ2n) is 4.97. The average Bonchev–Trinajstić information content (AvgIpc) is 2.48. The van der Waals surface area contributed by atoms with Gasteiger partial charge in [-0.15, -0.1) is 0 Å². The molecule has 1 heterocycles. The fraction of sp³-hybridized carbons (Fsp3) is 0.500. The van der Waals surface area contributed by atoms with Crippen molar-refractivity contribution in [3.63, 3.8) is 0 Å². The molecular formula is C14H21FN4O. The number of para-hydroxylation sites is 1. The van der Waals surface area contributed by atoms with E-state index in [1.165, 1.54) is 6.07 Å². The molecule has 0 amide bonds. The third-order valence-corrected chi connectivity index (χ3v) is 3.60. The fourth-order valence-corrected chi connectivity index (χ4v) is 2.45. The molecular weight excluding hydrogens is 259 g/mol. The number of anilines is 1. The molecule has 5 nitrogen and oxygen atoms in total. The number of benzene rings is 1. The van der Waals surface area contributed by atoms with Crippen molar-refractivity contribution in [3.8, 4) is 0 Å². The van der Waals surface area contributed by atoms with Gasteiger partial charge in [-0.05, 0) is 25.1 Å². The van der Waals surface area contributed by atoms with Gasteiger partial charge < -0.3 is 15.8 Å². The van der Waals surface area contributed by atoms with Gasteiger partial charge >= 0.3 is 0 Å². The molecule has 6 heteroatoms. The van der Waals surface area contributed by atoms with Crippen LogP contribution in [0.5, 0.6) is 0 Å². The molecule has 1 aliphatic rings. The Morgan fingerprint density at radius 3 is 2.60 bits per heavy atom. The Bertz CT molecular complexity index is 458. The maximum atomic E-state index is 13.7. The number of nitrogens with two attached hydrogens (primary N) is 1. The molecule has 0 unspecified atom stereocenters. The van der Waals surface area contributed by atoms with E-state index in [4.69, 9.17) is 10.9 Å². The van der Waals surface area contributed by atoms with Crippen molar-refractivity contribution in [1.29, 1.82) is 0 Å². The summed E-state index contributed by atoms with van der Waals surface area (Å²) in [5.74, 6) is 0.114. The summed E-state index contributed by atoms with van der Waals surface area (Å²) in [6, 6.07) is 6.89. The third kappa shape index (κ3) is 3.84. The lowest BCUT2D eigenvalue weighted by atomic mass is 10.2. The molecule has 1 aromatic carbocycles. The van der Waals surface area contributed by atoms with Crippen LogP contribution in [0.2, 0.25) is 0 Å². The van der Waals surface area contributed by atoms with Crippen molar-refractivity contribution >= 4 is 11.5 Å². The van der Waals surface area contributed by atoms with Crippen molar-refractivity contribution in [3.05, 3.63) is 30.1 Å². The van der Waals surface area contributed by atoms with E-state index in [0.717, 1.165) is 39.1 Å². The molecule has 0 radical (unpaired) electrons. The van der Waals surface area contributed by atoms with Crippen LogP contribution in [0.25, 0.3) is 0 Å². The summed E-state index contributed by atoms with van der Waals surface area (Å²) in [7, 11) is 0. The van der Waals surface area contributed by atoms with Crippen LogP contribution in [-0.4, -0.2) is 48.7 Å². The highest BCUT2D eigenvalue weighted by Gasteiger charge is 2.18. The van der Waals surface area contributed by atoms with Crippen LogP contribution >= 0.6 is 0 Å². The summed E-state index contributed by atoms with van der Waals surface area (Å²) in [5, 5.41) is 11.4. The van der Waals surface area contributed by atoms with Crippen LogP contribution < -0.4 is 10.6 Å². The van der Waals surface area contributed by atoms with Crippen molar-refractivity contribution in [2.75, 3.05) is 37.6 Å². The van der Waals surface area contributed by atoms with Crippen LogP contribution in [0.15, 0.2) is 29.4 Å². The fourth-order valence-electron chi connectivity index (χ4n) is 2.45. The molecule has 3 N–H and O–H groups in total. The molecule has 0 aromatic heterocycles. The molecule has 2 rings (SSSR count). The first kappa shape index (κ1) is 14.6. The highest BCUT2D eigenvalue weighted by molar-refractivity contribution is 5.79. The zero-order chi connectivity index (χ0) is 14.4. The molecule has 1 fully saturated rings. The predicted octanol–water partition coefficient (Wildman–Crippen LogP) is 1.47. The highest BCUT2D eigenvalue weighted by atomic mass is 19.1. The van der Waals surface area contributed by atoms with E-state index in [2.05, 4.69) is 15.0 Å². The smallest absolute Gasteiger partial charge is 0.146 e. The Hall–Kier alpha value is -1.82. The first-order valence-electron chi connectivity index (χ1n) is 6.89. The molecule has 0 saturated carbocycles. The first-order valence-corrected chi connectivity index (χ1v) is 6.89. The zero-order valence-corrected chi connectivity index (χ0v) is 11.5. The predicted molar refractivity (Wildman–Crippen MR) is 77.7 cm³/mol. The van der Waals surface area contributed by atoms with Gasteiger partial charge in [-0.1, -0.05) is 17.3 Å². The monoisotopic (exact) mass is 280 g/mol. The van der Waals surface area contributed by atoms with Crippen molar-refractivity contribution in [1.82, 2.24) is 4.90 Å². The van der Waals surface area contributed by atoms with Crippen LogP contribution in [0.3, 0.4) is 0 Å².